The Hall–Kier alpha value is -1.55. The topological polar surface area (TPSA) is 47.6 Å². The third-order valence-corrected chi connectivity index (χ3v) is 1.89. The predicted molar refractivity (Wildman–Crippen MR) is 77.1 cm³/mol. The van der Waals surface area contributed by atoms with Gasteiger partial charge in [-0.25, -0.2) is 4.79 Å². The largest absolute Gasteiger partial charge is 0.447 e. The third-order valence-electron chi connectivity index (χ3n) is 1.89. The van der Waals surface area contributed by atoms with Crippen molar-refractivity contribution >= 4 is 6.09 Å². The van der Waals surface area contributed by atoms with E-state index in [9.17, 15) is 4.79 Å². The fourth-order valence-corrected chi connectivity index (χ4v) is 1.15. The summed E-state index contributed by atoms with van der Waals surface area (Å²) in [6, 6.07) is 9.87. The second-order valence-electron chi connectivity index (χ2n) is 3.91. The van der Waals surface area contributed by atoms with Gasteiger partial charge in [-0.05, 0) is 12.5 Å². The molecular formula is C15H25NO3. The van der Waals surface area contributed by atoms with Crippen LogP contribution in [0.25, 0.3) is 0 Å². The molecule has 1 amide bonds. The molecule has 0 radical (unpaired) electrons. The molecule has 4 nitrogen and oxygen atoms in total. The van der Waals surface area contributed by atoms with Gasteiger partial charge in [0.05, 0.1) is 13.2 Å². The highest BCUT2D eigenvalue weighted by Gasteiger charge is 1.98. The Morgan fingerprint density at radius 3 is 2.32 bits per heavy atom. The van der Waals surface area contributed by atoms with Crippen LogP contribution in [0, 0.1) is 0 Å². The smallest absolute Gasteiger partial charge is 0.407 e. The van der Waals surface area contributed by atoms with Gasteiger partial charge in [0.2, 0.25) is 0 Å². The monoisotopic (exact) mass is 267 g/mol. The molecule has 0 fully saturated rings. The van der Waals surface area contributed by atoms with Crippen molar-refractivity contribution in [1.82, 2.24) is 5.32 Å². The average molecular weight is 267 g/mol. The van der Waals surface area contributed by atoms with Crippen molar-refractivity contribution in [2.75, 3.05) is 19.8 Å². The lowest BCUT2D eigenvalue weighted by molar-refractivity contribution is 0.0650. The zero-order valence-corrected chi connectivity index (χ0v) is 12.1. The minimum absolute atomic E-state index is 0.276. The van der Waals surface area contributed by atoms with Gasteiger partial charge in [0.1, 0.15) is 6.61 Å². The van der Waals surface area contributed by atoms with Gasteiger partial charge in [-0.3, -0.25) is 0 Å². The van der Waals surface area contributed by atoms with E-state index in [-0.39, 0.29) is 6.61 Å². The number of carbonyl (C=O) groups excluding carboxylic acids is 1. The zero-order chi connectivity index (χ0) is 14.3. The predicted octanol–water partition coefficient (Wildman–Crippen LogP) is 3.37. The van der Waals surface area contributed by atoms with Gasteiger partial charge in [0, 0.05) is 6.54 Å². The van der Waals surface area contributed by atoms with E-state index in [0.717, 1.165) is 5.56 Å². The van der Waals surface area contributed by atoms with E-state index >= 15 is 0 Å². The highest BCUT2D eigenvalue weighted by atomic mass is 16.6. The third kappa shape index (κ3) is 11.3. The van der Waals surface area contributed by atoms with Gasteiger partial charge in [0.25, 0.3) is 0 Å². The molecule has 1 N–H and O–H groups in total. The van der Waals surface area contributed by atoms with Gasteiger partial charge in [-0.1, -0.05) is 50.6 Å². The summed E-state index contributed by atoms with van der Waals surface area (Å²) in [5, 5.41) is 2.54. The van der Waals surface area contributed by atoms with Crippen molar-refractivity contribution in [2.24, 2.45) is 0 Å². The fraction of sp³-hybridized carbons (Fsp3) is 0.533. The number of nitrogens with one attached hydrogen (secondary N) is 1. The maximum atomic E-state index is 10.9. The summed E-state index contributed by atoms with van der Waals surface area (Å²) < 4.78 is 10.2. The summed E-state index contributed by atoms with van der Waals surface area (Å²) in [4.78, 5) is 10.9. The van der Waals surface area contributed by atoms with Gasteiger partial charge in [0.15, 0.2) is 0 Å². The standard InChI is InChI=1S/C12H17NO3.C3H8/c1-2-13-12(14)16-9-8-15-10-11-6-4-3-5-7-11;1-3-2/h3-7H,2,8-10H2,1H3,(H,13,14);3H2,1-2H3. The van der Waals surface area contributed by atoms with Crippen LogP contribution >= 0.6 is 0 Å². The van der Waals surface area contributed by atoms with Crippen molar-refractivity contribution in [3.63, 3.8) is 0 Å². The molecule has 0 spiro atoms. The highest BCUT2D eigenvalue weighted by molar-refractivity contribution is 5.66. The first-order chi connectivity index (χ1) is 9.24. The number of hydrogen-bond acceptors (Lipinski definition) is 3. The van der Waals surface area contributed by atoms with Crippen LogP contribution in [0.1, 0.15) is 32.8 Å². The number of carbonyl (C=O) groups is 1. The van der Waals surface area contributed by atoms with Crippen LogP contribution in [0.3, 0.4) is 0 Å². The SMILES string of the molecule is CCC.CCNC(=O)OCCOCc1ccccc1. The molecule has 0 aliphatic carbocycles. The Balaban J connectivity index is 0.000000982. The Kier molecular flexibility index (Phi) is 11.8. The van der Waals surface area contributed by atoms with E-state index in [4.69, 9.17) is 9.47 Å². The first kappa shape index (κ1) is 17.4. The molecule has 1 aromatic rings. The van der Waals surface area contributed by atoms with Crippen LogP contribution in [-0.4, -0.2) is 25.9 Å². The number of alkyl carbamates (subject to hydrolysis) is 1. The summed E-state index contributed by atoms with van der Waals surface area (Å²) in [7, 11) is 0. The lowest BCUT2D eigenvalue weighted by atomic mass is 10.2. The van der Waals surface area contributed by atoms with Crippen LogP contribution in [-0.2, 0) is 16.1 Å². The second kappa shape index (κ2) is 12.9. The molecule has 1 rings (SSSR count). The first-order valence-corrected chi connectivity index (χ1v) is 6.76. The summed E-state index contributed by atoms with van der Waals surface area (Å²) in [6.45, 7) is 7.89. The van der Waals surface area contributed by atoms with Gasteiger partial charge < -0.3 is 14.8 Å². The van der Waals surface area contributed by atoms with Crippen LogP contribution < -0.4 is 5.32 Å². The Morgan fingerprint density at radius 2 is 1.74 bits per heavy atom. The first-order valence-electron chi connectivity index (χ1n) is 6.76. The average Bonchev–Trinajstić information content (AvgIpc) is 2.41. The van der Waals surface area contributed by atoms with Crippen molar-refractivity contribution in [3.8, 4) is 0 Å². The summed E-state index contributed by atoms with van der Waals surface area (Å²) in [5.74, 6) is 0. The van der Waals surface area contributed by atoms with Crippen molar-refractivity contribution in [1.29, 1.82) is 0 Å². The summed E-state index contributed by atoms with van der Waals surface area (Å²) in [5.41, 5.74) is 1.11. The maximum absolute atomic E-state index is 10.9. The molecule has 0 aromatic heterocycles. The Bertz CT molecular complexity index is 314. The molecule has 0 bridgehead atoms. The summed E-state index contributed by atoms with van der Waals surface area (Å²) in [6.07, 6.45) is 0.853. The number of benzene rings is 1. The van der Waals surface area contributed by atoms with Crippen LogP contribution in [0.2, 0.25) is 0 Å². The van der Waals surface area contributed by atoms with Crippen molar-refractivity contribution < 1.29 is 14.3 Å². The van der Waals surface area contributed by atoms with E-state index in [1.54, 1.807) is 0 Å². The Labute approximate surface area is 116 Å². The normalized spacial score (nSPS) is 9.21. The second-order valence-corrected chi connectivity index (χ2v) is 3.91. The molecule has 0 saturated carbocycles. The molecular weight excluding hydrogens is 242 g/mol. The molecule has 1 aromatic carbocycles. The molecule has 0 aliphatic rings. The molecule has 0 unspecified atom stereocenters. The van der Waals surface area contributed by atoms with Crippen LogP contribution in [0.15, 0.2) is 30.3 Å². The molecule has 108 valence electrons. The maximum Gasteiger partial charge on any atom is 0.407 e. The number of amides is 1. The van der Waals surface area contributed by atoms with Crippen molar-refractivity contribution in [3.05, 3.63) is 35.9 Å². The molecule has 0 heterocycles. The van der Waals surface area contributed by atoms with Crippen LogP contribution in [0.5, 0.6) is 0 Å². The lowest BCUT2D eigenvalue weighted by Gasteiger charge is -2.06. The molecule has 19 heavy (non-hydrogen) atoms. The molecule has 0 saturated heterocycles. The van der Waals surface area contributed by atoms with E-state index in [0.29, 0.717) is 19.8 Å². The van der Waals surface area contributed by atoms with Crippen molar-refractivity contribution in [2.45, 2.75) is 33.8 Å². The van der Waals surface area contributed by atoms with Gasteiger partial charge >= 0.3 is 6.09 Å². The quantitative estimate of drug-likeness (QED) is 0.804. The molecule has 4 heteroatoms. The van der Waals surface area contributed by atoms with E-state index in [2.05, 4.69) is 19.2 Å². The van der Waals surface area contributed by atoms with Crippen LogP contribution in [0.4, 0.5) is 4.79 Å². The number of hydrogen-bond donors (Lipinski definition) is 1. The van der Waals surface area contributed by atoms with E-state index in [1.165, 1.54) is 6.42 Å². The zero-order valence-electron chi connectivity index (χ0n) is 12.1. The molecule has 0 aliphatic heterocycles. The van der Waals surface area contributed by atoms with Gasteiger partial charge in [-0.2, -0.15) is 0 Å². The Morgan fingerprint density at radius 1 is 1.11 bits per heavy atom. The number of ether oxygens (including phenoxy) is 2. The number of rotatable bonds is 6. The minimum Gasteiger partial charge on any atom is -0.447 e. The minimum atomic E-state index is -0.397. The fourth-order valence-electron chi connectivity index (χ4n) is 1.15. The molecule has 0 atom stereocenters. The van der Waals surface area contributed by atoms with E-state index < -0.39 is 6.09 Å². The van der Waals surface area contributed by atoms with Gasteiger partial charge in [-0.15, -0.1) is 0 Å². The lowest BCUT2D eigenvalue weighted by Crippen LogP contribution is -2.25. The van der Waals surface area contributed by atoms with E-state index in [1.807, 2.05) is 37.3 Å². The highest BCUT2D eigenvalue weighted by Crippen LogP contribution is 1.99. The summed E-state index contributed by atoms with van der Waals surface area (Å²) >= 11 is 0.